The topological polar surface area (TPSA) is 35.6 Å². The SMILES string of the molecule is CNCC1CCN(CC(=O)N(C)C(C)c2ccccc2)C1. The molecule has 1 aliphatic rings. The van der Waals surface area contributed by atoms with E-state index in [1.165, 1.54) is 12.0 Å². The number of benzene rings is 1. The Labute approximate surface area is 128 Å². The minimum atomic E-state index is 0.120. The van der Waals surface area contributed by atoms with E-state index in [1.54, 1.807) is 0 Å². The molecule has 1 saturated heterocycles. The fourth-order valence-electron chi connectivity index (χ4n) is 2.99. The summed E-state index contributed by atoms with van der Waals surface area (Å²) >= 11 is 0. The van der Waals surface area contributed by atoms with E-state index < -0.39 is 0 Å². The van der Waals surface area contributed by atoms with Crippen molar-refractivity contribution >= 4 is 5.91 Å². The van der Waals surface area contributed by atoms with E-state index >= 15 is 0 Å². The number of rotatable bonds is 6. The molecule has 0 radical (unpaired) electrons. The zero-order valence-corrected chi connectivity index (χ0v) is 13.4. The Hall–Kier alpha value is -1.39. The predicted molar refractivity (Wildman–Crippen MR) is 86.1 cm³/mol. The van der Waals surface area contributed by atoms with E-state index in [2.05, 4.69) is 29.3 Å². The first-order chi connectivity index (χ1) is 10.1. The van der Waals surface area contributed by atoms with Gasteiger partial charge in [0.1, 0.15) is 0 Å². The second kappa shape index (κ2) is 7.57. The Morgan fingerprint density at radius 3 is 2.81 bits per heavy atom. The predicted octanol–water partition coefficient (Wildman–Crippen LogP) is 1.75. The lowest BCUT2D eigenvalue weighted by atomic mass is 10.1. The molecule has 1 fully saturated rings. The van der Waals surface area contributed by atoms with Crippen LogP contribution < -0.4 is 5.32 Å². The molecule has 0 aliphatic carbocycles. The second-order valence-corrected chi connectivity index (χ2v) is 6.04. The molecule has 0 spiro atoms. The van der Waals surface area contributed by atoms with Gasteiger partial charge < -0.3 is 10.2 Å². The lowest BCUT2D eigenvalue weighted by Gasteiger charge is -2.27. The van der Waals surface area contributed by atoms with E-state index in [-0.39, 0.29) is 11.9 Å². The van der Waals surface area contributed by atoms with Crippen LogP contribution in [0.4, 0.5) is 0 Å². The van der Waals surface area contributed by atoms with Gasteiger partial charge in [0.15, 0.2) is 0 Å². The number of carbonyl (C=O) groups is 1. The van der Waals surface area contributed by atoms with E-state index in [1.807, 2.05) is 37.2 Å². The summed E-state index contributed by atoms with van der Waals surface area (Å²) in [5, 5.41) is 3.22. The van der Waals surface area contributed by atoms with Crippen molar-refractivity contribution in [3.63, 3.8) is 0 Å². The zero-order valence-electron chi connectivity index (χ0n) is 13.4. The van der Waals surface area contributed by atoms with E-state index in [9.17, 15) is 4.79 Å². The van der Waals surface area contributed by atoms with E-state index in [4.69, 9.17) is 0 Å². The van der Waals surface area contributed by atoms with Crippen LogP contribution in [-0.4, -0.2) is 56.0 Å². The number of hydrogen-bond acceptors (Lipinski definition) is 3. The maximum absolute atomic E-state index is 12.4. The number of carbonyl (C=O) groups excluding carboxylic acids is 1. The van der Waals surface area contributed by atoms with Crippen LogP contribution >= 0.6 is 0 Å². The maximum Gasteiger partial charge on any atom is 0.236 e. The third-order valence-corrected chi connectivity index (χ3v) is 4.48. The highest BCUT2D eigenvalue weighted by molar-refractivity contribution is 5.78. The van der Waals surface area contributed by atoms with Crippen LogP contribution in [-0.2, 0) is 4.79 Å². The number of amides is 1. The lowest BCUT2D eigenvalue weighted by Crippen LogP contribution is -2.39. The van der Waals surface area contributed by atoms with Gasteiger partial charge in [-0.1, -0.05) is 30.3 Å². The van der Waals surface area contributed by atoms with Crippen LogP contribution in [0, 0.1) is 5.92 Å². The highest BCUT2D eigenvalue weighted by atomic mass is 16.2. The van der Waals surface area contributed by atoms with Crippen molar-refractivity contribution in [3.05, 3.63) is 35.9 Å². The minimum Gasteiger partial charge on any atom is -0.338 e. The van der Waals surface area contributed by atoms with Crippen LogP contribution in [0.1, 0.15) is 24.9 Å². The summed E-state index contributed by atoms with van der Waals surface area (Å²) in [6, 6.07) is 10.3. The van der Waals surface area contributed by atoms with Crippen LogP contribution in [0.15, 0.2) is 30.3 Å². The molecule has 4 nitrogen and oxygen atoms in total. The maximum atomic E-state index is 12.4. The van der Waals surface area contributed by atoms with Crippen molar-refractivity contribution in [1.82, 2.24) is 15.1 Å². The molecule has 2 atom stereocenters. The third-order valence-electron chi connectivity index (χ3n) is 4.48. The van der Waals surface area contributed by atoms with Gasteiger partial charge in [0.05, 0.1) is 12.6 Å². The third kappa shape index (κ3) is 4.29. The molecule has 1 aliphatic heterocycles. The summed E-state index contributed by atoms with van der Waals surface area (Å²) in [6.07, 6.45) is 1.19. The normalized spacial score (nSPS) is 20.4. The minimum absolute atomic E-state index is 0.120. The first-order valence-corrected chi connectivity index (χ1v) is 7.79. The summed E-state index contributed by atoms with van der Waals surface area (Å²) < 4.78 is 0. The first kappa shape index (κ1) is 16.0. The highest BCUT2D eigenvalue weighted by Gasteiger charge is 2.25. The largest absolute Gasteiger partial charge is 0.338 e. The standard InChI is InChI=1S/C17H27N3O/c1-14(16-7-5-4-6-8-16)19(3)17(21)13-20-10-9-15(12-20)11-18-2/h4-8,14-15,18H,9-13H2,1-3H3. The van der Waals surface area contributed by atoms with Crippen molar-refractivity contribution < 1.29 is 4.79 Å². The Morgan fingerprint density at radius 2 is 2.14 bits per heavy atom. The number of hydrogen-bond donors (Lipinski definition) is 1. The lowest BCUT2D eigenvalue weighted by molar-refractivity contribution is -0.132. The molecule has 0 aromatic heterocycles. The molecule has 116 valence electrons. The number of nitrogens with one attached hydrogen (secondary N) is 1. The smallest absolute Gasteiger partial charge is 0.236 e. The fraction of sp³-hybridized carbons (Fsp3) is 0.588. The number of likely N-dealkylation sites (N-methyl/N-ethyl adjacent to an activating group) is 1. The quantitative estimate of drug-likeness (QED) is 0.866. The molecule has 0 bridgehead atoms. The van der Waals surface area contributed by atoms with Gasteiger partial charge in [-0.05, 0) is 45.0 Å². The molecule has 1 amide bonds. The summed E-state index contributed by atoms with van der Waals surface area (Å²) in [4.78, 5) is 16.6. The molecule has 1 N–H and O–H groups in total. The highest BCUT2D eigenvalue weighted by Crippen LogP contribution is 2.20. The molecule has 4 heteroatoms. The monoisotopic (exact) mass is 289 g/mol. The Balaban J connectivity index is 1.86. The molecular formula is C17H27N3O. The van der Waals surface area contributed by atoms with Crippen molar-refractivity contribution in [3.8, 4) is 0 Å². The van der Waals surface area contributed by atoms with Gasteiger partial charge in [-0.15, -0.1) is 0 Å². The number of nitrogens with zero attached hydrogens (tertiary/aromatic N) is 2. The van der Waals surface area contributed by atoms with Crippen LogP contribution in [0.5, 0.6) is 0 Å². The molecule has 0 saturated carbocycles. The molecule has 21 heavy (non-hydrogen) atoms. The molecule has 2 unspecified atom stereocenters. The van der Waals surface area contributed by atoms with Gasteiger partial charge in [-0.25, -0.2) is 0 Å². The average Bonchev–Trinajstić information content (AvgIpc) is 2.94. The van der Waals surface area contributed by atoms with Gasteiger partial charge in [0.25, 0.3) is 0 Å². The Morgan fingerprint density at radius 1 is 1.43 bits per heavy atom. The Bertz CT molecular complexity index is 449. The van der Waals surface area contributed by atoms with Gasteiger partial charge in [-0.3, -0.25) is 9.69 Å². The van der Waals surface area contributed by atoms with Crippen molar-refractivity contribution in [2.24, 2.45) is 5.92 Å². The fourth-order valence-corrected chi connectivity index (χ4v) is 2.99. The van der Waals surface area contributed by atoms with Crippen LogP contribution in [0.25, 0.3) is 0 Å². The van der Waals surface area contributed by atoms with Crippen molar-refractivity contribution in [1.29, 1.82) is 0 Å². The van der Waals surface area contributed by atoms with Crippen LogP contribution in [0.3, 0.4) is 0 Å². The summed E-state index contributed by atoms with van der Waals surface area (Å²) in [5.41, 5.74) is 1.18. The Kier molecular flexibility index (Phi) is 5.76. The molecule has 1 aromatic carbocycles. The van der Waals surface area contributed by atoms with Gasteiger partial charge in [0, 0.05) is 13.6 Å². The molecule has 1 aromatic rings. The van der Waals surface area contributed by atoms with Gasteiger partial charge in [-0.2, -0.15) is 0 Å². The van der Waals surface area contributed by atoms with Crippen molar-refractivity contribution in [2.45, 2.75) is 19.4 Å². The first-order valence-electron chi connectivity index (χ1n) is 7.79. The molecule has 1 heterocycles. The second-order valence-electron chi connectivity index (χ2n) is 6.04. The van der Waals surface area contributed by atoms with Crippen LogP contribution in [0.2, 0.25) is 0 Å². The van der Waals surface area contributed by atoms with Gasteiger partial charge in [0.2, 0.25) is 5.91 Å². The summed E-state index contributed by atoms with van der Waals surface area (Å²) in [5.74, 6) is 0.885. The number of likely N-dealkylation sites (tertiary alicyclic amines) is 1. The average molecular weight is 289 g/mol. The zero-order chi connectivity index (χ0) is 15.2. The summed E-state index contributed by atoms with van der Waals surface area (Å²) in [7, 11) is 3.89. The van der Waals surface area contributed by atoms with E-state index in [0.717, 1.165) is 19.6 Å². The molecular weight excluding hydrogens is 262 g/mol. The van der Waals surface area contributed by atoms with Gasteiger partial charge >= 0.3 is 0 Å². The molecule has 2 rings (SSSR count). The van der Waals surface area contributed by atoms with Crippen molar-refractivity contribution in [2.75, 3.05) is 40.3 Å². The van der Waals surface area contributed by atoms with E-state index in [0.29, 0.717) is 12.5 Å². The summed E-state index contributed by atoms with van der Waals surface area (Å²) in [6.45, 7) is 5.72.